The molecule has 0 aliphatic rings. The third-order valence-corrected chi connectivity index (χ3v) is 3.60. The molecule has 26 heavy (non-hydrogen) atoms. The molecule has 1 aromatic carbocycles. The number of rotatable bonds is 7. The van der Waals surface area contributed by atoms with Crippen LogP contribution in [0.25, 0.3) is 0 Å². The molecule has 0 aromatic heterocycles. The first-order chi connectivity index (χ1) is 12.0. The third-order valence-electron chi connectivity index (χ3n) is 3.60. The maximum absolute atomic E-state index is 11.7. The van der Waals surface area contributed by atoms with Crippen LogP contribution in [-0.2, 0) is 25.6 Å². The largest absolute Gasteiger partial charge is 0.481 e. The minimum atomic E-state index is -1.10. The maximum Gasteiger partial charge on any atom is 0.337 e. The van der Waals surface area contributed by atoms with Gasteiger partial charge in [0.05, 0.1) is 16.9 Å². The quantitative estimate of drug-likeness (QED) is 0.630. The van der Waals surface area contributed by atoms with E-state index in [1.807, 2.05) is 5.48 Å². The lowest BCUT2D eigenvalue weighted by Crippen LogP contribution is -2.33. The van der Waals surface area contributed by atoms with Gasteiger partial charge in [0.2, 0.25) is 0 Å². The second-order valence-electron chi connectivity index (χ2n) is 6.95. The lowest BCUT2D eigenvalue weighted by atomic mass is 9.94. The number of carboxylic acid groups (broad SMARTS) is 2. The van der Waals surface area contributed by atoms with Crippen molar-refractivity contribution in [1.29, 1.82) is 0 Å². The highest BCUT2D eigenvalue weighted by Gasteiger charge is 2.25. The summed E-state index contributed by atoms with van der Waals surface area (Å²) in [5.41, 5.74) is 1.86. The molecule has 1 atom stereocenters. The van der Waals surface area contributed by atoms with Crippen LogP contribution in [0.15, 0.2) is 24.3 Å². The van der Waals surface area contributed by atoms with Gasteiger partial charge in [-0.25, -0.2) is 9.59 Å². The molecule has 0 saturated carbocycles. The molecular weight excluding hydrogens is 342 g/mol. The van der Waals surface area contributed by atoms with Crippen LogP contribution in [0.1, 0.15) is 49.5 Å². The number of carbonyl (C=O) groups is 4. The highest BCUT2D eigenvalue weighted by molar-refractivity contribution is 5.87. The van der Waals surface area contributed by atoms with Crippen LogP contribution in [-0.4, -0.2) is 34.0 Å². The van der Waals surface area contributed by atoms with Crippen molar-refractivity contribution in [2.24, 2.45) is 11.3 Å². The van der Waals surface area contributed by atoms with Gasteiger partial charge in [0.25, 0.3) is 5.91 Å². The molecule has 0 spiro atoms. The molecular formula is C18H23NO7. The average Bonchev–Trinajstić information content (AvgIpc) is 2.55. The van der Waals surface area contributed by atoms with Gasteiger partial charge < -0.3 is 15.1 Å². The molecule has 0 radical (unpaired) electrons. The van der Waals surface area contributed by atoms with Gasteiger partial charge in [-0.05, 0) is 51.3 Å². The van der Waals surface area contributed by atoms with E-state index in [0.717, 1.165) is 0 Å². The molecule has 8 heteroatoms. The van der Waals surface area contributed by atoms with Crippen LogP contribution < -0.4 is 5.48 Å². The number of amides is 1. The molecule has 0 aliphatic heterocycles. The molecule has 142 valence electrons. The summed E-state index contributed by atoms with van der Waals surface area (Å²) in [6.45, 7) is 4.90. The van der Waals surface area contributed by atoms with Crippen molar-refractivity contribution in [3.63, 3.8) is 0 Å². The van der Waals surface area contributed by atoms with Crippen LogP contribution >= 0.6 is 0 Å². The number of hydroxylamine groups is 1. The van der Waals surface area contributed by atoms with E-state index < -0.39 is 35.1 Å². The van der Waals surface area contributed by atoms with Gasteiger partial charge in [-0.1, -0.05) is 12.1 Å². The van der Waals surface area contributed by atoms with Crippen LogP contribution in [0.5, 0.6) is 0 Å². The van der Waals surface area contributed by atoms with E-state index in [0.29, 0.717) is 5.56 Å². The number of hydrogen-bond acceptors (Lipinski definition) is 5. The Balaban J connectivity index is 2.60. The van der Waals surface area contributed by atoms with E-state index in [1.165, 1.54) is 18.2 Å². The van der Waals surface area contributed by atoms with Gasteiger partial charge in [-0.2, -0.15) is 5.48 Å². The van der Waals surface area contributed by atoms with Gasteiger partial charge in [-0.15, -0.1) is 0 Å². The van der Waals surface area contributed by atoms with Crippen molar-refractivity contribution in [2.75, 3.05) is 0 Å². The molecule has 1 rings (SSSR count). The number of nitrogens with one attached hydrogen (secondary N) is 1. The van der Waals surface area contributed by atoms with E-state index in [4.69, 9.17) is 5.11 Å². The predicted octanol–water partition coefficient (Wildman–Crippen LogP) is 2.03. The monoisotopic (exact) mass is 365 g/mol. The Labute approximate surface area is 151 Å². The van der Waals surface area contributed by atoms with Crippen molar-refractivity contribution < 1.29 is 34.2 Å². The Morgan fingerprint density at radius 3 is 2.35 bits per heavy atom. The lowest BCUT2D eigenvalue weighted by molar-refractivity contribution is -0.166. The van der Waals surface area contributed by atoms with E-state index in [9.17, 15) is 24.3 Å². The van der Waals surface area contributed by atoms with Crippen LogP contribution in [0, 0.1) is 11.3 Å². The van der Waals surface area contributed by atoms with Crippen LogP contribution in [0.4, 0.5) is 0 Å². The Morgan fingerprint density at radius 2 is 1.81 bits per heavy atom. The van der Waals surface area contributed by atoms with Crippen LogP contribution in [0.2, 0.25) is 0 Å². The van der Waals surface area contributed by atoms with Crippen molar-refractivity contribution in [1.82, 2.24) is 5.48 Å². The second kappa shape index (κ2) is 8.98. The summed E-state index contributed by atoms with van der Waals surface area (Å²) >= 11 is 0. The summed E-state index contributed by atoms with van der Waals surface area (Å²) in [4.78, 5) is 50.3. The number of aliphatic carboxylic acids is 1. The average molecular weight is 365 g/mol. The lowest BCUT2D eigenvalue weighted by Gasteiger charge is -2.16. The Morgan fingerprint density at radius 1 is 1.15 bits per heavy atom. The highest BCUT2D eigenvalue weighted by Crippen LogP contribution is 2.17. The first kappa shape index (κ1) is 21.1. The normalized spacial score (nSPS) is 12.1. The van der Waals surface area contributed by atoms with E-state index in [1.54, 1.807) is 26.8 Å². The Hall–Kier alpha value is -2.90. The molecule has 0 saturated heterocycles. The molecule has 3 N–H and O–H groups in total. The summed E-state index contributed by atoms with van der Waals surface area (Å²) < 4.78 is 0. The third kappa shape index (κ3) is 6.92. The van der Waals surface area contributed by atoms with Crippen molar-refractivity contribution in [3.05, 3.63) is 35.4 Å². The number of carboxylic acids is 2. The Bertz CT molecular complexity index is 691. The van der Waals surface area contributed by atoms with E-state index in [-0.39, 0.29) is 24.8 Å². The second-order valence-corrected chi connectivity index (χ2v) is 6.95. The predicted molar refractivity (Wildman–Crippen MR) is 91.2 cm³/mol. The van der Waals surface area contributed by atoms with Crippen molar-refractivity contribution >= 4 is 23.8 Å². The maximum atomic E-state index is 11.7. The smallest absolute Gasteiger partial charge is 0.337 e. The first-order valence-corrected chi connectivity index (χ1v) is 8.06. The number of aromatic carboxylic acids is 1. The zero-order valence-electron chi connectivity index (χ0n) is 14.9. The fraction of sp³-hybridized carbons (Fsp3) is 0.444. The summed E-state index contributed by atoms with van der Waals surface area (Å²) in [5.74, 6) is -4.27. The SMILES string of the molecule is CC(C)(C)C(=O)ONC(=O)CCC(Cc1cccc(C(=O)O)c1)C(=O)O. The summed E-state index contributed by atoms with van der Waals surface area (Å²) in [5, 5.41) is 18.3. The minimum absolute atomic E-state index is 0.0194. The molecule has 1 aromatic rings. The molecule has 8 nitrogen and oxygen atoms in total. The first-order valence-electron chi connectivity index (χ1n) is 8.06. The standard InChI is InChI=1S/C18H23NO7/c1-18(2,3)17(25)26-19-14(20)8-7-13(16(23)24)10-11-5-4-6-12(9-11)15(21)22/h4-6,9,13H,7-8,10H2,1-3H3,(H,19,20)(H,21,22)(H,23,24). The number of benzene rings is 1. The molecule has 0 fully saturated rings. The van der Waals surface area contributed by atoms with Gasteiger partial charge in [0.1, 0.15) is 0 Å². The summed E-state index contributed by atoms with van der Waals surface area (Å²) in [7, 11) is 0. The molecule has 0 heterocycles. The fourth-order valence-electron chi connectivity index (χ4n) is 2.04. The van der Waals surface area contributed by atoms with Gasteiger partial charge in [0, 0.05) is 6.42 Å². The highest BCUT2D eigenvalue weighted by atomic mass is 16.7. The van der Waals surface area contributed by atoms with E-state index in [2.05, 4.69) is 4.84 Å². The zero-order chi connectivity index (χ0) is 19.9. The summed E-state index contributed by atoms with van der Waals surface area (Å²) in [6.07, 6.45) is -0.0376. The topological polar surface area (TPSA) is 130 Å². The van der Waals surface area contributed by atoms with Crippen LogP contribution in [0.3, 0.4) is 0 Å². The molecule has 1 unspecified atom stereocenters. The zero-order valence-corrected chi connectivity index (χ0v) is 14.9. The van der Waals surface area contributed by atoms with Crippen molar-refractivity contribution in [2.45, 2.75) is 40.0 Å². The molecule has 0 aliphatic carbocycles. The van der Waals surface area contributed by atoms with Gasteiger partial charge in [0.15, 0.2) is 0 Å². The molecule has 0 bridgehead atoms. The number of carbonyl (C=O) groups excluding carboxylic acids is 2. The summed E-state index contributed by atoms with van der Waals surface area (Å²) in [6, 6.07) is 5.99. The van der Waals surface area contributed by atoms with E-state index >= 15 is 0 Å². The molecule has 1 amide bonds. The fourth-order valence-corrected chi connectivity index (χ4v) is 2.04. The minimum Gasteiger partial charge on any atom is -0.481 e. The Kier molecular flexibility index (Phi) is 7.30. The number of hydrogen-bond donors (Lipinski definition) is 3. The van der Waals surface area contributed by atoms with Gasteiger partial charge >= 0.3 is 17.9 Å². The van der Waals surface area contributed by atoms with Gasteiger partial charge in [-0.3, -0.25) is 9.59 Å². The van der Waals surface area contributed by atoms with Crippen molar-refractivity contribution in [3.8, 4) is 0 Å².